The maximum absolute atomic E-state index is 12.6. The maximum Gasteiger partial charge on any atom is 0.186 e. The Balaban J connectivity index is 2.08. The largest absolute Gasteiger partial charge is 0.398 e. The van der Waals surface area contributed by atoms with Crippen LogP contribution in [0.25, 0.3) is 10.1 Å². The van der Waals surface area contributed by atoms with Crippen molar-refractivity contribution in [3.63, 3.8) is 0 Å². The molecule has 0 saturated heterocycles. The highest BCUT2D eigenvalue weighted by Gasteiger charge is 2.23. The molecule has 0 saturated carbocycles. The zero-order valence-corrected chi connectivity index (χ0v) is 13.3. The first-order valence-electron chi connectivity index (χ1n) is 6.21. The van der Waals surface area contributed by atoms with Gasteiger partial charge >= 0.3 is 0 Å². The quantitative estimate of drug-likeness (QED) is 0.731. The lowest BCUT2D eigenvalue weighted by Crippen LogP contribution is -2.08. The third-order valence-electron chi connectivity index (χ3n) is 3.22. The van der Waals surface area contributed by atoms with Gasteiger partial charge in [0.15, 0.2) is 9.84 Å². The monoisotopic (exact) mass is 337 g/mol. The summed E-state index contributed by atoms with van der Waals surface area (Å²) in [5.41, 5.74) is 6.74. The highest BCUT2D eigenvalue weighted by atomic mass is 35.5. The highest BCUT2D eigenvalue weighted by molar-refractivity contribution is 7.91. The first kappa shape index (κ1) is 14.4. The normalized spacial score (nSPS) is 11.9. The number of benzene rings is 2. The molecule has 1 heterocycles. The molecule has 0 radical (unpaired) electrons. The summed E-state index contributed by atoms with van der Waals surface area (Å²) in [7, 11) is -3.59. The van der Waals surface area contributed by atoms with Gasteiger partial charge in [0.25, 0.3) is 0 Å². The molecule has 0 atom stereocenters. The molecule has 108 valence electrons. The van der Waals surface area contributed by atoms with Gasteiger partial charge in [0.05, 0.1) is 16.5 Å². The SMILES string of the molecule is Nc1cccc(Cl)c1S(=O)(=O)Cc1csc2ccccc12. The second-order valence-electron chi connectivity index (χ2n) is 4.67. The van der Waals surface area contributed by atoms with Gasteiger partial charge in [-0.05, 0) is 34.5 Å². The van der Waals surface area contributed by atoms with Gasteiger partial charge in [-0.15, -0.1) is 11.3 Å². The van der Waals surface area contributed by atoms with Gasteiger partial charge in [-0.2, -0.15) is 0 Å². The van der Waals surface area contributed by atoms with Crippen molar-refractivity contribution in [3.8, 4) is 0 Å². The summed E-state index contributed by atoms with van der Waals surface area (Å²) >= 11 is 7.55. The first-order chi connectivity index (χ1) is 9.99. The van der Waals surface area contributed by atoms with Crippen LogP contribution >= 0.6 is 22.9 Å². The molecule has 2 aromatic carbocycles. The van der Waals surface area contributed by atoms with E-state index in [-0.39, 0.29) is 21.4 Å². The van der Waals surface area contributed by atoms with Crippen LogP contribution in [0.5, 0.6) is 0 Å². The molecule has 3 nitrogen and oxygen atoms in total. The molecule has 0 unspecified atom stereocenters. The third kappa shape index (κ3) is 2.64. The molecular formula is C15H12ClNO2S2. The first-order valence-corrected chi connectivity index (χ1v) is 9.12. The Morgan fingerprint density at radius 3 is 2.62 bits per heavy atom. The topological polar surface area (TPSA) is 60.2 Å². The number of fused-ring (bicyclic) bond motifs is 1. The number of anilines is 1. The van der Waals surface area contributed by atoms with Crippen molar-refractivity contribution in [1.82, 2.24) is 0 Å². The lowest BCUT2D eigenvalue weighted by atomic mass is 10.2. The summed E-state index contributed by atoms with van der Waals surface area (Å²) in [5.74, 6) is -0.106. The zero-order chi connectivity index (χ0) is 15.0. The number of rotatable bonds is 3. The van der Waals surface area contributed by atoms with Gasteiger partial charge in [0.2, 0.25) is 0 Å². The van der Waals surface area contributed by atoms with Crippen molar-refractivity contribution in [2.45, 2.75) is 10.6 Å². The second-order valence-corrected chi connectivity index (χ2v) is 7.92. The number of halogens is 1. The van der Waals surface area contributed by atoms with E-state index in [9.17, 15) is 8.42 Å². The van der Waals surface area contributed by atoms with Crippen molar-refractivity contribution < 1.29 is 8.42 Å². The number of nitrogens with two attached hydrogens (primary N) is 1. The average Bonchev–Trinajstić information content (AvgIpc) is 2.81. The van der Waals surface area contributed by atoms with Crippen molar-refractivity contribution in [3.05, 3.63) is 58.4 Å². The van der Waals surface area contributed by atoms with Crippen LogP contribution < -0.4 is 5.73 Å². The van der Waals surface area contributed by atoms with Crippen molar-refractivity contribution >= 4 is 48.5 Å². The van der Waals surface area contributed by atoms with E-state index in [1.54, 1.807) is 12.1 Å². The van der Waals surface area contributed by atoms with Gasteiger partial charge < -0.3 is 5.73 Å². The van der Waals surface area contributed by atoms with Crippen molar-refractivity contribution in [2.75, 3.05) is 5.73 Å². The van der Waals surface area contributed by atoms with E-state index in [1.165, 1.54) is 17.4 Å². The van der Waals surface area contributed by atoms with Crippen LogP contribution in [0.4, 0.5) is 5.69 Å². The molecule has 0 amide bonds. The van der Waals surface area contributed by atoms with Gasteiger partial charge in [0, 0.05) is 4.70 Å². The van der Waals surface area contributed by atoms with Crippen LogP contribution in [-0.4, -0.2) is 8.42 Å². The predicted octanol–water partition coefficient (Wildman–Crippen LogP) is 4.11. The molecule has 0 aliphatic carbocycles. The molecule has 3 aromatic rings. The zero-order valence-electron chi connectivity index (χ0n) is 10.9. The van der Waals surface area contributed by atoms with Crippen LogP contribution in [0, 0.1) is 0 Å². The summed E-state index contributed by atoms with van der Waals surface area (Å²) < 4.78 is 26.3. The van der Waals surface area contributed by atoms with Crippen LogP contribution in [0.15, 0.2) is 52.7 Å². The number of hydrogen-bond donors (Lipinski definition) is 1. The van der Waals surface area contributed by atoms with Crippen LogP contribution in [-0.2, 0) is 15.6 Å². The molecule has 2 N–H and O–H groups in total. The summed E-state index contributed by atoms with van der Waals surface area (Å²) in [5, 5.41) is 2.99. The van der Waals surface area contributed by atoms with Crippen LogP contribution in [0.3, 0.4) is 0 Å². The molecule has 0 bridgehead atoms. The molecule has 3 rings (SSSR count). The number of sulfone groups is 1. The number of nitrogen functional groups attached to an aromatic ring is 1. The Hall–Kier alpha value is -1.56. The number of hydrogen-bond acceptors (Lipinski definition) is 4. The molecule has 6 heteroatoms. The van der Waals surface area contributed by atoms with Crippen LogP contribution in [0.1, 0.15) is 5.56 Å². The number of thiophene rings is 1. The molecular weight excluding hydrogens is 326 g/mol. The van der Waals surface area contributed by atoms with Gasteiger partial charge in [0.1, 0.15) is 4.90 Å². The standard InChI is InChI=1S/C15H12ClNO2S2/c16-12-5-3-6-13(17)15(12)21(18,19)9-10-8-20-14-7-2-1-4-11(10)14/h1-8H,9,17H2. The molecule has 1 aromatic heterocycles. The van der Waals surface area contributed by atoms with Gasteiger partial charge in [-0.1, -0.05) is 35.9 Å². The Kier molecular flexibility index (Phi) is 3.65. The lowest BCUT2D eigenvalue weighted by Gasteiger charge is -2.09. The highest BCUT2D eigenvalue weighted by Crippen LogP contribution is 2.33. The Labute approximate surface area is 131 Å². The molecule has 0 fully saturated rings. The van der Waals surface area contributed by atoms with E-state index in [0.717, 1.165) is 15.6 Å². The lowest BCUT2D eigenvalue weighted by molar-refractivity contribution is 0.596. The third-order valence-corrected chi connectivity index (χ3v) is 6.42. The van der Waals surface area contributed by atoms with E-state index in [1.807, 2.05) is 29.6 Å². The summed E-state index contributed by atoms with van der Waals surface area (Å²) in [4.78, 5) is 0.0157. The second kappa shape index (κ2) is 5.33. The van der Waals surface area contributed by atoms with Crippen molar-refractivity contribution in [1.29, 1.82) is 0 Å². The fraction of sp³-hybridized carbons (Fsp3) is 0.0667. The smallest absolute Gasteiger partial charge is 0.186 e. The van der Waals surface area contributed by atoms with E-state index in [4.69, 9.17) is 17.3 Å². The Morgan fingerprint density at radius 2 is 1.86 bits per heavy atom. The van der Waals surface area contributed by atoms with Gasteiger partial charge in [-0.3, -0.25) is 0 Å². The van der Waals surface area contributed by atoms with Gasteiger partial charge in [-0.25, -0.2) is 8.42 Å². The minimum atomic E-state index is -3.59. The van der Waals surface area contributed by atoms with E-state index in [2.05, 4.69) is 0 Å². The fourth-order valence-corrected chi connectivity index (χ4v) is 5.46. The Morgan fingerprint density at radius 1 is 1.10 bits per heavy atom. The predicted molar refractivity (Wildman–Crippen MR) is 88.6 cm³/mol. The molecule has 21 heavy (non-hydrogen) atoms. The van der Waals surface area contributed by atoms with E-state index >= 15 is 0 Å². The Bertz CT molecular complexity index is 896. The summed E-state index contributed by atoms with van der Waals surface area (Å²) in [6.07, 6.45) is 0. The minimum Gasteiger partial charge on any atom is -0.398 e. The van der Waals surface area contributed by atoms with Crippen molar-refractivity contribution in [2.24, 2.45) is 0 Å². The molecule has 0 spiro atoms. The summed E-state index contributed by atoms with van der Waals surface area (Å²) in [6, 6.07) is 12.4. The minimum absolute atomic E-state index is 0.0157. The van der Waals surface area contributed by atoms with Crippen LogP contribution in [0.2, 0.25) is 5.02 Å². The molecule has 0 aliphatic heterocycles. The average molecular weight is 338 g/mol. The van der Waals surface area contributed by atoms with E-state index in [0.29, 0.717) is 0 Å². The fourth-order valence-electron chi connectivity index (χ4n) is 2.28. The maximum atomic E-state index is 12.6. The van der Waals surface area contributed by atoms with E-state index < -0.39 is 9.84 Å². The molecule has 0 aliphatic rings. The summed E-state index contributed by atoms with van der Waals surface area (Å²) in [6.45, 7) is 0.